The summed E-state index contributed by atoms with van der Waals surface area (Å²) in [6, 6.07) is 0. The molecule has 4 fully saturated rings. The van der Waals surface area contributed by atoms with Crippen molar-refractivity contribution >= 4 is 5.97 Å². The van der Waals surface area contributed by atoms with Crippen LogP contribution in [0.1, 0.15) is 118 Å². The number of aliphatic hydroxyl groups is 1. The fourth-order valence-corrected chi connectivity index (χ4v) is 11.6. The molecule has 6 heteroatoms. The Morgan fingerprint density at radius 3 is 2.39 bits per heavy atom. The Hall–Kier alpha value is -1.82. The Bertz CT molecular complexity index is 1300. The maximum Gasteiger partial charge on any atom is 0.519 e. The van der Waals surface area contributed by atoms with E-state index in [4.69, 9.17) is 13.6 Å². The number of hydrogen-bond acceptors (Lipinski definition) is 6. The minimum absolute atomic E-state index is 0.0256. The van der Waals surface area contributed by atoms with Crippen molar-refractivity contribution in [3.8, 4) is 0 Å². The van der Waals surface area contributed by atoms with E-state index < -0.39 is 11.2 Å². The van der Waals surface area contributed by atoms with Gasteiger partial charge in [0, 0.05) is 0 Å². The first-order valence-corrected chi connectivity index (χ1v) is 16.3. The molecule has 0 spiro atoms. The summed E-state index contributed by atoms with van der Waals surface area (Å²) in [7, 11) is 0. The number of fused-ring (bicyclic) bond motifs is 7. The molecular formula is C35H52O6. The number of aliphatic hydroxyl groups excluding tert-OH is 1. The van der Waals surface area contributed by atoms with E-state index in [1.165, 1.54) is 12.0 Å². The molecule has 5 aliphatic carbocycles. The Morgan fingerprint density at radius 1 is 0.976 bits per heavy atom. The van der Waals surface area contributed by atoms with Crippen LogP contribution in [-0.4, -0.2) is 17.2 Å². The van der Waals surface area contributed by atoms with Gasteiger partial charge in [-0.3, -0.25) is 4.79 Å². The molecule has 1 N–H and O–H groups in total. The molecule has 0 aromatic carbocycles. The van der Waals surface area contributed by atoms with Gasteiger partial charge in [0.15, 0.2) is 18.1 Å². The maximum absolute atomic E-state index is 14.2. The van der Waals surface area contributed by atoms with Crippen molar-refractivity contribution < 1.29 is 23.5 Å². The number of allylic oxidation sites excluding steroid dienone is 2. The first kappa shape index (κ1) is 29.3. The third kappa shape index (κ3) is 3.83. The topological polar surface area (TPSA) is 89.9 Å². The highest BCUT2D eigenvalue weighted by atomic mass is 16.6. The van der Waals surface area contributed by atoms with Crippen LogP contribution >= 0.6 is 0 Å². The van der Waals surface area contributed by atoms with E-state index in [2.05, 4.69) is 54.5 Å². The monoisotopic (exact) mass is 568 g/mol. The number of esters is 1. The van der Waals surface area contributed by atoms with Crippen molar-refractivity contribution in [1.29, 1.82) is 0 Å². The summed E-state index contributed by atoms with van der Waals surface area (Å²) in [4.78, 5) is 25.7. The van der Waals surface area contributed by atoms with Crippen LogP contribution in [0.4, 0.5) is 0 Å². The number of carbonyl (C=O) groups excluding carboxylic acids is 1. The molecule has 0 aliphatic heterocycles. The van der Waals surface area contributed by atoms with Crippen LogP contribution in [0.15, 0.2) is 25.3 Å². The van der Waals surface area contributed by atoms with Crippen molar-refractivity contribution in [2.24, 2.45) is 56.7 Å². The smallest absolute Gasteiger partial charge is 0.457 e. The maximum atomic E-state index is 14.2. The van der Waals surface area contributed by atoms with Crippen molar-refractivity contribution in [1.82, 2.24) is 0 Å². The molecule has 0 bridgehead atoms. The highest BCUT2D eigenvalue weighted by Gasteiger charge is 2.69. The van der Waals surface area contributed by atoms with Gasteiger partial charge in [-0.2, -0.15) is 0 Å². The molecule has 10 atom stereocenters. The summed E-state index contributed by atoms with van der Waals surface area (Å²) in [5, 5.41) is 11.0. The molecule has 0 saturated heterocycles. The molecule has 228 valence electrons. The lowest BCUT2D eigenvalue weighted by Crippen LogP contribution is -2.65. The van der Waals surface area contributed by atoms with Gasteiger partial charge in [0.2, 0.25) is 0 Å². The summed E-state index contributed by atoms with van der Waals surface area (Å²) < 4.78 is 16.1. The lowest BCUT2D eigenvalue weighted by Gasteiger charge is -2.71. The van der Waals surface area contributed by atoms with Crippen molar-refractivity contribution in [2.45, 2.75) is 126 Å². The molecule has 1 aromatic heterocycles. The molecular weight excluding hydrogens is 516 g/mol. The first-order valence-electron chi connectivity index (χ1n) is 16.3. The average molecular weight is 569 g/mol. The number of carbonyl (C=O) groups is 1. The second-order valence-electron chi connectivity index (χ2n) is 16.2. The molecule has 41 heavy (non-hydrogen) atoms. The van der Waals surface area contributed by atoms with E-state index in [9.17, 15) is 14.7 Å². The summed E-state index contributed by atoms with van der Waals surface area (Å²) >= 11 is 0. The fourth-order valence-electron chi connectivity index (χ4n) is 11.6. The molecule has 6 rings (SSSR count). The predicted molar refractivity (Wildman–Crippen MR) is 157 cm³/mol. The largest absolute Gasteiger partial charge is 0.519 e. The molecule has 0 radical (unpaired) electrons. The number of rotatable bonds is 3. The van der Waals surface area contributed by atoms with Gasteiger partial charge in [-0.15, -0.1) is 0 Å². The molecule has 0 amide bonds. The molecule has 5 aliphatic rings. The number of ether oxygens (including phenoxy) is 1. The van der Waals surface area contributed by atoms with Crippen molar-refractivity contribution in [3.05, 3.63) is 33.8 Å². The Labute approximate surface area is 245 Å². The molecule has 4 saturated carbocycles. The van der Waals surface area contributed by atoms with E-state index in [0.717, 1.165) is 51.4 Å². The SMILES string of the molecule is Cc1oc(=O)oc1COC(=O)[C@]12CC[C@@H](C)[C@H](C)[C@H]1C1=CC[C@@H]3[C@@]4(C)CC[C@H](O)C(C)(C)[C@@H]4CC[C@@]3(C)[C@]1(C)CC2. The van der Waals surface area contributed by atoms with Crippen molar-refractivity contribution in [3.63, 3.8) is 0 Å². The molecule has 6 nitrogen and oxygen atoms in total. The van der Waals surface area contributed by atoms with Gasteiger partial charge in [-0.25, -0.2) is 4.79 Å². The minimum Gasteiger partial charge on any atom is -0.457 e. The van der Waals surface area contributed by atoms with E-state index in [1.54, 1.807) is 6.92 Å². The van der Waals surface area contributed by atoms with Crippen LogP contribution in [0.5, 0.6) is 0 Å². The second-order valence-corrected chi connectivity index (χ2v) is 16.2. The van der Waals surface area contributed by atoms with E-state index in [0.29, 0.717) is 35.2 Å². The van der Waals surface area contributed by atoms with Crippen LogP contribution in [0.25, 0.3) is 0 Å². The normalized spacial score (nSPS) is 46.8. The van der Waals surface area contributed by atoms with Gasteiger partial charge in [-0.1, -0.05) is 60.1 Å². The Balaban J connectivity index is 1.37. The van der Waals surface area contributed by atoms with Crippen LogP contribution in [0, 0.1) is 63.6 Å². The van der Waals surface area contributed by atoms with Crippen LogP contribution in [-0.2, 0) is 16.1 Å². The zero-order chi connectivity index (χ0) is 29.8. The quantitative estimate of drug-likeness (QED) is 0.298. The lowest BCUT2D eigenvalue weighted by molar-refractivity contribution is -0.207. The summed E-state index contributed by atoms with van der Waals surface area (Å²) in [5.74, 6) is 1.94. The number of hydrogen-bond donors (Lipinski definition) is 1. The third-order valence-corrected chi connectivity index (χ3v) is 14.5. The van der Waals surface area contributed by atoms with Crippen LogP contribution in [0.3, 0.4) is 0 Å². The minimum atomic E-state index is -0.757. The highest BCUT2D eigenvalue weighted by Crippen LogP contribution is 2.75. The summed E-state index contributed by atoms with van der Waals surface area (Å²) in [6.45, 7) is 18.6. The Kier molecular flexibility index (Phi) is 6.66. The van der Waals surface area contributed by atoms with E-state index in [1.807, 2.05) is 0 Å². The van der Waals surface area contributed by atoms with Gasteiger partial charge in [0.05, 0.1) is 11.5 Å². The zero-order valence-electron chi connectivity index (χ0n) is 26.6. The predicted octanol–water partition coefficient (Wildman–Crippen LogP) is 7.60. The van der Waals surface area contributed by atoms with Gasteiger partial charge >= 0.3 is 11.8 Å². The summed E-state index contributed by atoms with van der Waals surface area (Å²) in [6.07, 6.45) is 11.4. The van der Waals surface area contributed by atoms with Crippen LogP contribution in [0.2, 0.25) is 0 Å². The van der Waals surface area contributed by atoms with Gasteiger partial charge in [0.1, 0.15) is 0 Å². The highest BCUT2D eigenvalue weighted by molar-refractivity contribution is 5.79. The Morgan fingerprint density at radius 2 is 1.71 bits per heavy atom. The molecule has 0 unspecified atom stereocenters. The van der Waals surface area contributed by atoms with Gasteiger partial charge in [0.25, 0.3) is 0 Å². The fraction of sp³-hybridized carbons (Fsp3) is 0.829. The van der Waals surface area contributed by atoms with Gasteiger partial charge in [-0.05, 0) is 116 Å². The zero-order valence-corrected chi connectivity index (χ0v) is 26.6. The second kappa shape index (κ2) is 9.34. The van der Waals surface area contributed by atoms with Crippen LogP contribution < -0.4 is 5.82 Å². The standard InChI is InChI=1S/C35H52O6/c1-20-11-16-35(29(37)39-19-24-22(3)40-30(38)41-24)18-17-33(7)23(28(35)21(20)2)9-10-26-32(6)14-13-27(36)31(4,5)25(32)12-15-34(26,33)8/h9,20-21,25-28,36H,10-19H2,1-8H3/t20-,21+,25+,26-,27+,28+,32+,33-,34-,35+/m1/s1. The molecule has 1 heterocycles. The van der Waals surface area contributed by atoms with E-state index >= 15 is 0 Å². The van der Waals surface area contributed by atoms with E-state index in [-0.39, 0.29) is 46.3 Å². The van der Waals surface area contributed by atoms with Gasteiger partial charge < -0.3 is 18.7 Å². The summed E-state index contributed by atoms with van der Waals surface area (Å²) in [5.41, 5.74) is 1.28. The average Bonchev–Trinajstić information content (AvgIpc) is 3.24. The third-order valence-electron chi connectivity index (χ3n) is 14.5. The lowest BCUT2D eigenvalue weighted by atomic mass is 9.33. The molecule has 1 aromatic rings. The number of aryl methyl sites for hydroxylation is 1. The first-order chi connectivity index (χ1) is 19.1. The van der Waals surface area contributed by atoms with Crippen molar-refractivity contribution in [2.75, 3.05) is 0 Å².